The van der Waals surface area contributed by atoms with Crippen LogP contribution in [0.5, 0.6) is 0 Å². The van der Waals surface area contributed by atoms with Gasteiger partial charge in [0.05, 0.1) is 0 Å². The maximum atomic E-state index is 6.25. The Hall–Kier alpha value is -0.730. The van der Waals surface area contributed by atoms with Crippen LogP contribution >= 0.6 is 11.6 Å². The largest absolute Gasteiger partial charge is 0.371 e. The number of nitrogens with zero attached hydrogens (tertiary/aromatic N) is 1. The highest BCUT2D eigenvalue weighted by Crippen LogP contribution is 2.28. The van der Waals surface area contributed by atoms with E-state index in [4.69, 9.17) is 11.6 Å². The molecule has 0 spiro atoms. The second kappa shape index (κ2) is 8.05. The molecular weight excluding hydrogens is 280 g/mol. The van der Waals surface area contributed by atoms with Gasteiger partial charge < -0.3 is 10.2 Å². The maximum absolute atomic E-state index is 6.25. The van der Waals surface area contributed by atoms with Crippen LogP contribution in [0.4, 0.5) is 5.69 Å². The highest BCUT2D eigenvalue weighted by atomic mass is 35.5. The first-order valence-corrected chi connectivity index (χ1v) is 8.82. The molecule has 1 aromatic carbocycles. The third-order valence-electron chi connectivity index (χ3n) is 4.56. The summed E-state index contributed by atoms with van der Waals surface area (Å²) in [6, 6.07) is 7.07. The first kappa shape index (κ1) is 16.6. The van der Waals surface area contributed by atoms with Crippen molar-refractivity contribution < 1.29 is 0 Å². The van der Waals surface area contributed by atoms with Crippen molar-refractivity contribution in [1.82, 2.24) is 5.32 Å². The molecule has 1 aliphatic rings. The van der Waals surface area contributed by atoms with E-state index in [0.717, 1.165) is 36.6 Å². The summed E-state index contributed by atoms with van der Waals surface area (Å²) >= 11 is 6.25. The molecule has 0 radical (unpaired) electrons. The van der Waals surface area contributed by atoms with Crippen LogP contribution in [-0.2, 0) is 6.54 Å². The van der Waals surface area contributed by atoms with Crippen molar-refractivity contribution in [1.29, 1.82) is 0 Å². The molecule has 0 saturated heterocycles. The summed E-state index contributed by atoms with van der Waals surface area (Å²) in [5.74, 6) is 0.758. The van der Waals surface area contributed by atoms with Gasteiger partial charge in [0.2, 0.25) is 0 Å². The molecule has 0 amide bonds. The molecule has 3 heteroatoms. The Morgan fingerprint density at radius 3 is 2.52 bits per heavy atom. The molecule has 1 fully saturated rings. The molecule has 0 aromatic heterocycles. The van der Waals surface area contributed by atoms with E-state index in [1.807, 2.05) is 6.07 Å². The summed E-state index contributed by atoms with van der Waals surface area (Å²) in [7, 11) is 0. The fourth-order valence-electron chi connectivity index (χ4n) is 2.78. The predicted octanol–water partition coefficient (Wildman–Crippen LogP) is 4.85. The van der Waals surface area contributed by atoms with Gasteiger partial charge in [-0.15, -0.1) is 0 Å². The molecule has 1 saturated carbocycles. The number of rotatable bonds is 9. The van der Waals surface area contributed by atoms with Crippen molar-refractivity contribution in [2.24, 2.45) is 5.92 Å². The Bertz CT molecular complexity index is 439. The van der Waals surface area contributed by atoms with E-state index in [9.17, 15) is 0 Å². The van der Waals surface area contributed by atoms with E-state index < -0.39 is 0 Å². The average molecular weight is 309 g/mol. The van der Waals surface area contributed by atoms with E-state index in [-0.39, 0.29) is 0 Å². The van der Waals surface area contributed by atoms with Crippen LogP contribution in [0.2, 0.25) is 5.02 Å². The summed E-state index contributed by atoms with van der Waals surface area (Å²) < 4.78 is 0. The molecule has 2 nitrogen and oxygen atoms in total. The Kier molecular flexibility index (Phi) is 6.38. The lowest BCUT2D eigenvalue weighted by Crippen LogP contribution is -2.30. The maximum Gasteiger partial charge on any atom is 0.0426 e. The third kappa shape index (κ3) is 4.89. The van der Waals surface area contributed by atoms with Crippen molar-refractivity contribution in [3.63, 3.8) is 0 Å². The van der Waals surface area contributed by atoms with E-state index in [1.165, 1.54) is 36.9 Å². The van der Waals surface area contributed by atoms with Crippen LogP contribution in [0.25, 0.3) is 0 Å². The van der Waals surface area contributed by atoms with Crippen LogP contribution < -0.4 is 10.2 Å². The SMILES string of the molecule is CCC(CC)CN(CC)c1cc(Cl)ccc1CNC1CC1. The molecule has 0 atom stereocenters. The minimum atomic E-state index is 0.739. The van der Waals surface area contributed by atoms with Gasteiger partial charge in [-0.2, -0.15) is 0 Å². The number of benzene rings is 1. The van der Waals surface area contributed by atoms with E-state index in [2.05, 4.69) is 43.1 Å². The lowest BCUT2D eigenvalue weighted by Gasteiger charge is -2.29. The quantitative estimate of drug-likeness (QED) is 0.701. The molecule has 0 bridgehead atoms. The highest BCUT2D eigenvalue weighted by Gasteiger charge is 2.21. The monoisotopic (exact) mass is 308 g/mol. The number of nitrogens with one attached hydrogen (secondary N) is 1. The lowest BCUT2D eigenvalue weighted by atomic mass is 10.0. The molecule has 0 unspecified atom stereocenters. The minimum Gasteiger partial charge on any atom is -0.371 e. The smallest absolute Gasteiger partial charge is 0.0426 e. The van der Waals surface area contributed by atoms with Gasteiger partial charge in [0.1, 0.15) is 0 Å². The zero-order valence-corrected chi connectivity index (χ0v) is 14.4. The topological polar surface area (TPSA) is 15.3 Å². The lowest BCUT2D eigenvalue weighted by molar-refractivity contribution is 0.485. The van der Waals surface area contributed by atoms with E-state index >= 15 is 0 Å². The molecule has 118 valence electrons. The molecule has 21 heavy (non-hydrogen) atoms. The summed E-state index contributed by atoms with van der Waals surface area (Å²) in [6.45, 7) is 9.93. The van der Waals surface area contributed by atoms with Crippen LogP contribution in [0.1, 0.15) is 52.0 Å². The van der Waals surface area contributed by atoms with Crippen molar-refractivity contribution in [3.05, 3.63) is 28.8 Å². The number of halogens is 1. The minimum absolute atomic E-state index is 0.739. The van der Waals surface area contributed by atoms with Crippen molar-refractivity contribution in [3.8, 4) is 0 Å². The van der Waals surface area contributed by atoms with Gasteiger partial charge in [0.25, 0.3) is 0 Å². The molecule has 0 heterocycles. The van der Waals surface area contributed by atoms with Gasteiger partial charge in [-0.3, -0.25) is 0 Å². The predicted molar refractivity (Wildman–Crippen MR) is 93.3 cm³/mol. The second-order valence-corrected chi connectivity index (χ2v) is 6.59. The molecule has 1 aliphatic carbocycles. The van der Waals surface area contributed by atoms with Crippen LogP contribution in [0, 0.1) is 5.92 Å². The second-order valence-electron chi connectivity index (χ2n) is 6.15. The standard InChI is InChI=1S/C18H29ClN2/c1-4-14(5-2)13-21(6-3)18-11-16(19)8-7-15(18)12-20-17-9-10-17/h7-8,11,14,17,20H,4-6,9-10,12-13H2,1-3H3. The molecule has 1 N–H and O–H groups in total. The van der Waals surface area contributed by atoms with Crippen molar-refractivity contribution >= 4 is 17.3 Å². The summed E-state index contributed by atoms with van der Waals surface area (Å²) in [5, 5.41) is 4.46. The summed E-state index contributed by atoms with van der Waals surface area (Å²) in [6.07, 6.45) is 5.13. The first-order chi connectivity index (χ1) is 10.2. The van der Waals surface area contributed by atoms with Crippen LogP contribution in [-0.4, -0.2) is 19.1 Å². The Morgan fingerprint density at radius 2 is 1.95 bits per heavy atom. The van der Waals surface area contributed by atoms with Gasteiger partial charge in [-0.1, -0.05) is 44.4 Å². The van der Waals surface area contributed by atoms with E-state index in [0.29, 0.717) is 0 Å². The number of hydrogen-bond donors (Lipinski definition) is 1. The fraction of sp³-hybridized carbons (Fsp3) is 0.667. The van der Waals surface area contributed by atoms with Gasteiger partial charge in [-0.25, -0.2) is 0 Å². The summed E-state index contributed by atoms with van der Waals surface area (Å²) in [5.41, 5.74) is 2.68. The van der Waals surface area contributed by atoms with Crippen molar-refractivity contribution in [2.45, 2.75) is 59.0 Å². The molecule has 2 rings (SSSR count). The van der Waals surface area contributed by atoms with Gasteiger partial charge in [-0.05, 0) is 43.4 Å². The Morgan fingerprint density at radius 1 is 1.24 bits per heavy atom. The molecule has 1 aromatic rings. The Labute approximate surface area is 134 Å². The number of anilines is 1. The van der Waals surface area contributed by atoms with Gasteiger partial charge in [0.15, 0.2) is 0 Å². The normalized spacial score (nSPS) is 14.7. The zero-order chi connectivity index (χ0) is 15.2. The Balaban J connectivity index is 2.14. The fourth-order valence-corrected chi connectivity index (χ4v) is 2.95. The van der Waals surface area contributed by atoms with Crippen LogP contribution in [0.15, 0.2) is 18.2 Å². The first-order valence-electron chi connectivity index (χ1n) is 8.44. The van der Waals surface area contributed by atoms with Gasteiger partial charge in [0, 0.05) is 36.4 Å². The van der Waals surface area contributed by atoms with Crippen LogP contribution in [0.3, 0.4) is 0 Å². The van der Waals surface area contributed by atoms with Crippen molar-refractivity contribution in [2.75, 3.05) is 18.0 Å². The zero-order valence-electron chi connectivity index (χ0n) is 13.7. The molecule has 0 aliphatic heterocycles. The summed E-state index contributed by atoms with van der Waals surface area (Å²) in [4.78, 5) is 2.49. The van der Waals surface area contributed by atoms with E-state index in [1.54, 1.807) is 0 Å². The average Bonchev–Trinajstić information content (AvgIpc) is 3.32. The third-order valence-corrected chi connectivity index (χ3v) is 4.80. The molecular formula is C18H29ClN2. The van der Waals surface area contributed by atoms with Gasteiger partial charge >= 0.3 is 0 Å². The number of hydrogen-bond acceptors (Lipinski definition) is 2. The highest BCUT2D eigenvalue weighted by molar-refractivity contribution is 6.30.